The molecule has 0 bridgehead atoms. The van der Waals surface area contributed by atoms with Crippen molar-refractivity contribution in [2.45, 2.75) is 26.1 Å². The van der Waals surface area contributed by atoms with Crippen LogP contribution in [0, 0.1) is 11.8 Å². The van der Waals surface area contributed by atoms with Gasteiger partial charge in [0, 0.05) is 5.56 Å². The summed E-state index contributed by atoms with van der Waals surface area (Å²) in [6.07, 6.45) is 0.147. The van der Waals surface area contributed by atoms with E-state index < -0.39 is 8.07 Å². The van der Waals surface area contributed by atoms with Gasteiger partial charge in [0.05, 0.1) is 15.2 Å². The van der Waals surface area contributed by atoms with Gasteiger partial charge in [0.2, 0.25) is 0 Å². The summed E-state index contributed by atoms with van der Waals surface area (Å²) >= 11 is 0. The van der Waals surface area contributed by atoms with E-state index in [1.165, 1.54) is 12.3 Å². The van der Waals surface area contributed by atoms with Gasteiger partial charge in [-0.3, -0.25) is 4.79 Å². The molecule has 0 unspecified atom stereocenters. The minimum absolute atomic E-state index is 0.147. The lowest BCUT2D eigenvalue weighted by molar-refractivity contribution is -0.139. The van der Waals surface area contributed by atoms with Crippen molar-refractivity contribution in [3.05, 3.63) is 29.8 Å². The number of methoxy groups -OCH3 is 1. The summed E-state index contributed by atoms with van der Waals surface area (Å²) in [5.74, 6) is 5.52. The Labute approximate surface area is 104 Å². The quantitative estimate of drug-likeness (QED) is 0.454. The van der Waals surface area contributed by atoms with Crippen molar-refractivity contribution in [3.63, 3.8) is 0 Å². The van der Waals surface area contributed by atoms with E-state index in [1.807, 2.05) is 12.1 Å². The molecule has 0 aromatic heterocycles. The van der Waals surface area contributed by atoms with Crippen LogP contribution in [0.15, 0.2) is 24.3 Å². The van der Waals surface area contributed by atoms with Crippen LogP contribution in [-0.2, 0) is 9.53 Å². The van der Waals surface area contributed by atoms with Crippen LogP contribution < -0.4 is 5.19 Å². The first-order valence-electron chi connectivity index (χ1n) is 5.59. The summed E-state index contributed by atoms with van der Waals surface area (Å²) in [7, 11) is 0.0788. The van der Waals surface area contributed by atoms with E-state index in [0.717, 1.165) is 5.56 Å². The second-order valence-corrected chi connectivity index (χ2v) is 9.96. The Morgan fingerprint density at radius 1 is 1.35 bits per heavy atom. The van der Waals surface area contributed by atoms with Gasteiger partial charge in [-0.15, -0.1) is 0 Å². The maximum absolute atomic E-state index is 10.9. The predicted octanol–water partition coefficient (Wildman–Crippen LogP) is 2.15. The van der Waals surface area contributed by atoms with E-state index in [0.29, 0.717) is 0 Å². The van der Waals surface area contributed by atoms with Crippen LogP contribution in [0.5, 0.6) is 0 Å². The molecule has 0 aliphatic carbocycles. The van der Waals surface area contributed by atoms with Crippen LogP contribution in [0.4, 0.5) is 0 Å². The molecule has 0 radical (unpaired) electrons. The van der Waals surface area contributed by atoms with Crippen LogP contribution in [-0.4, -0.2) is 21.2 Å². The lowest BCUT2D eigenvalue weighted by Gasteiger charge is -2.16. The zero-order valence-electron chi connectivity index (χ0n) is 10.8. The highest BCUT2D eigenvalue weighted by Gasteiger charge is 2.15. The average molecular weight is 246 g/mol. The van der Waals surface area contributed by atoms with Gasteiger partial charge in [-0.1, -0.05) is 48.8 Å². The number of carbonyl (C=O) groups is 1. The molecule has 17 heavy (non-hydrogen) atoms. The fourth-order valence-electron chi connectivity index (χ4n) is 1.35. The highest BCUT2D eigenvalue weighted by Crippen LogP contribution is 2.04. The molecular weight excluding hydrogens is 228 g/mol. The SMILES string of the molecule is COC(=O)CC#Cc1cccc([Si](C)(C)C)c1. The zero-order chi connectivity index (χ0) is 12.9. The van der Waals surface area contributed by atoms with Gasteiger partial charge >= 0.3 is 5.97 Å². The minimum atomic E-state index is -1.29. The average Bonchev–Trinajstić information content (AvgIpc) is 2.28. The summed E-state index contributed by atoms with van der Waals surface area (Å²) in [6.45, 7) is 6.90. The Morgan fingerprint density at radius 2 is 2.06 bits per heavy atom. The molecule has 0 fully saturated rings. The number of hydrogen-bond donors (Lipinski definition) is 0. The lowest BCUT2D eigenvalue weighted by Crippen LogP contribution is -2.37. The van der Waals surface area contributed by atoms with Crippen molar-refractivity contribution < 1.29 is 9.53 Å². The third kappa shape index (κ3) is 4.45. The molecule has 1 rings (SSSR count). The molecule has 0 amide bonds. The van der Waals surface area contributed by atoms with E-state index in [-0.39, 0.29) is 12.4 Å². The van der Waals surface area contributed by atoms with Crippen molar-refractivity contribution in [2.24, 2.45) is 0 Å². The standard InChI is InChI=1S/C14H18O2Si/c1-16-14(15)10-6-8-12-7-5-9-13(11-12)17(2,3)4/h5,7,9,11H,10H2,1-4H3. The maximum Gasteiger partial charge on any atom is 0.317 e. The highest BCUT2D eigenvalue weighted by atomic mass is 28.3. The Hall–Kier alpha value is -1.53. The second-order valence-electron chi connectivity index (χ2n) is 4.89. The van der Waals surface area contributed by atoms with Crippen molar-refractivity contribution in [2.75, 3.05) is 7.11 Å². The molecule has 90 valence electrons. The van der Waals surface area contributed by atoms with Crippen molar-refractivity contribution in [1.82, 2.24) is 0 Å². The molecule has 0 N–H and O–H groups in total. The van der Waals surface area contributed by atoms with Crippen molar-refractivity contribution in [1.29, 1.82) is 0 Å². The lowest BCUT2D eigenvalue weighted by atomic mass is 10.2. The van der Waals surface area contributed by atoms with Gasteiger partial charge in [0.15, 0.2) is 0 Å². The Kier molecular flexibility index (Phi) is 4.53. The summed E-state index contributed by atoms with van der Waals surface area (Å²) in [6, 6.07) is 8.26. The Morgan fingerprint density at radius 3 is 2.65 bits per heavy atom. The number of carbonyl (C=O) groups excluding carboxylic acids is 1. The van der Waals surface area contributed by atoms with Gasteiger partial charge < -0.3 is 4.74 Å². The minimum Gasteiger partial charge on any atom is -0.468 e. The number of ether oxygens (including phenoxy) is 1. The van der Waals surface area contributed by atoms with E-state index >= 15 is 0 Å². The van der Waals surface area contributed by atoms with Gasteiger partial charge in [-0.05, 0) is 12.1 Å². The molecular formula is C14H18O2Si. The van der Waals surface area contributed by atoms with Crippen molar-refractivity contribution in [3.8, 4) is 11.8 Å². The molecule has 0 aliphatic rings. The molecule has 3 heteroatoms. The molecule has 1 aromatic rings. The maximum atomic E-state index is 10.9. The molecule has 0 spiro atoms. The van der Waals surface area contributed by atoms with E-state index in [2.05, 4.69) is 48.4 Å². The van der Waals surface area contributed by atoms with Crippen molar-refractivity contribution >= 4 is 19.2 Å². The van der Waals surface area contributed by atoms with E-state index in [4.69, 9.17) is 0 Å². The third-order valence-corrected chi connectivity index (χ3v) is 4.46. The topological polar surface area (TPSA) is 26.3 Å². The van der Waals surface area contributed by atoms with Crippen LogP contribution in [0.2, 0.25) is 19.6 Å². The van der Waals surface area contributed by atoms with E-state index in [9.17, 15) is 4.79 Å². The summed E-state index contributed by atoms with van der Waals surface area (Å²) in [5, 5.41) is 1.38. The van der Waals surface area contributed by atoms with Gasteiger partial charge in [0.1, 0.15) is 6.42 Å². The summed E-state index contributed by atoms with van der Waals surface area (Å²) in [5.41, 5.74) is 0.967. The number of hydrogen-bond acceptors (Lipinski definition) is 2. The summed E-state index contributed by atoms with van der Waals surface area (Å²) in [4.78, 5) is 10.9. The normalized spacial score (nSPS) is 10.4. The number of benzene rings is 1. The van der Waals surface area contributed by atoms with Crippen LogP contribution in [0.25, 0.3) is 0 Å². The smallest absolute Gasteiger partial charge is 0.317 e. The monoisotopic (exact) mass is 246 g/mol. The zero-order valence-corrected chi connectivity index (χ0v) is 11.8. The van der Waals surface area contributed by atoms with E-state index in [1.54, 1.807) is 0 Å². The second kappa shape index (κ2) is 5.69. The molecule has 0 saturated carbocycles. The number of rotatable bonds is 2. The first-order chi connectivity index (χ1) is 7.93. The van der Waals surface area contributed by atoms with Crippen LogP contribution in [0.1, 0.15) is 12.0 Å². The highest BCUT2D eigenvalue weighted by molar-refractivity contribution is 6.88. The Balaban J connectivity index is 2.83. The molecule has 0 atom stereocenters. The fraction of sp³-hybridized carbons (Fsp3) is 0.357. The molecule has 2 nitrogen and oxygen atoms in total. The Bertz CT molecular complexity index is 461. The van der Waals surface area contributed by atoms with Gasteiger partial charge in [-0.25, -0.2) is 0 Å². The fourth-order valence-corrected chi connectivity index (χ4v) is 2.54. The third-order valence-electron chi connectivity index (χ3n) is 2.42. The van der Waals surface area contributed by atoms with Crippen LogP contribution >= 0.6 is 0 Å². The largest absolute Gasteiger partial charge is 0.468 e. The molecule has 0 aliphatic heterocycles. The first kappa shape index (κ1) is 13.5. The molecule has 0 saturated heterocycles. The first-order valence-corrected chi connectivity index (χ1v) is 9.09. The summed E-state index contributed by atoms with van der Waals surface area (Å²) < 4.78 is 4.53. The van der Waals surface area contributed by atoms with Gasteiger partial charge in [0.25, 0.3) is 0 Å². The number of esters is 1. The molecule has 1 aromatic carbocycles. The van der Waals surface area contributed by atoms with Crippen LogP contribution in [0.3, 0.4) is 0 Å². The predicted molar refractivity (Wildman–Crippen MR) is 72.9 cm³/mol. The molecule has 0 heterocycles. The van der Waals surface area contributed by atoms with Gasteiger partial charge in [-0.2, -0.15) is 0 Å².